The number of carbonyl (C=O) groups is 3. The zero-order valence-electron chi connectivity index (χ0n) is 18.7. The normalized spacial score (nSPS) is 19.4. The molecule has 3 amide bonds. The van der Waals surface area contributed by atoms with E-state index in [4.69, 9.17) is 27.9 Å². The zero-order chi connectivity index (χ0) is 24.5. The zero-order valence-corrected chi connectivity index (χ0v) is 20.2. The summed E-state index contributed by atoms with van der Waals surface area (Å²) in [6, 6.07) is 18.8. The maximum Gasteiger partial charge on any atom is 0.261 e. The van der Waals surface area contributed by atoms with E-state index >= 15 is 0 Å². The van der Waals surface area contributed by atoms with Crippen molar-refractivity contribution in [1.82, 2.24) is 4.90 Å². The van der Waals surface area contributed by atoms with Gasteiger partial charge in [-0.3, -0.25) is 19.3 Å². The highest BCUT2D eigenvalue weighted by atomic mass is 35.5. The van der Waals surface area contributed by atoms with Crippen LogP contribution >= 0.6 is 23.2 Å². The first-order valence-electron chi connectivity index (χ1n) is 11.4. The van der Waals surface area contributed by atoms with Crippen molar-refractivity contribution in [3.8, 4) is 11.5 Å². The smallest absolute Gasteiger partial charge is 0.261 e. The van der Waals surface area contributed by atoms with Gasteiger partial charge in [0.1, 0.15) is 11.5 Å². The van der Waals surface area contributed by atoms with Gasteiger partial charge in [0.2, 0.25) is 5.91 Å². The van der Waals surface area contributed by atoms with E-state index in [0.717, 1.165) is 0 Å². The van der Waals surface area contributed by atoms with Crippen LogP contribution in [-0.2, 0) is 4.79 Å². The lowest BCUT2D eigenvalue weighted by Gasteiger charge is -2.32. The summed E-state index contributed by atoms with van der Waals surface area (Å²) >= 11 is 12.1. The Kier molecular flexibility index (Phi) is 6.50. The number of anilines is 1. The van der Waals surface area contributed by atoms with Crippen molar-refractivity contribution in [3.63, 3.8) is 0 Å². The molecule has 8 heteroatoms. The second kappa shape index (κ2) is 9.72. The van der Waals surface area contributed by atoms with E-state index in [0.29, 0.717) is 64.0 Å². The highest BCUT2D eigenvalue weighted by molar-refractivity contribution is 6.35. The van der Waals surface area contributed by atoms with Gasteiger partial charge in [0.15, 0.2) is 0 Å². The van der Waals surface area contributed by atoms with Gasteiger partial charge in [-0.1, -0.05) is 35.3 Å². The monoisotopic (exact) mass is 508 g/mol. The second-order valence-electron chi connectivity index (χ2n) is 8.72. The Labute approximate surface area is 212 Å². The molecule has 0 saturated heterocycles. The number of rotatable bonds is 5. The summed E-state index contributed by atoms with van der Waals surface area (Å²) in [6.07, 6.45) is 2.44. The summed E-state index contributed by atoms with van der Waals surface area (Å²) in [5, 5.41) is 3.89. The third-order valence-electron chi connectivity index (χ3n) is 6.50. The molecular formula is C27H22Cl2N2O4. The SMILES string of the molecule is O=C(Nc1ccc(Oc2ccc(Cl)cc2Cl)cc1)C1CCC(N2C(=O)c3ccccc3C2=O)CC1. The fourth-order valence-corrected chi connectivity index (χ4v) is 5.12. The van der Waals surface area contributed by atoms with Gasteiger partial charge >= 0.3 is 0 Å². The summed E-state index contributed by atoms with van der Waals surface area (Å²) < 4.78 is 5.78. The molecule has 0 aromatic heterocycles. The standard InChI is InChI=1S/C27H22Cl2N2O4/c28-17-7-14-24(23(29)15-17)35-20-12-8-18(9-13-20)30-25(32)16-5-10-19(11-6-16)31-26(33)21-3-1-2-4-22(21)27(31)34/h1-4,7-9,12-16,19H,5-6,10-11H2,(H,30,32). The molecule has 3 aromatic carbocycles. The largest absolute Gasteiger partial charge is 0.456 e. The fourth-order valence-electron chi connectivity index (χ4n) is 4.67. The lowest BCUT2D eigenvalue weighted by atomic mass is 9.84. The van der Waals surface area contributed by atoms with Crippen molar-refractivity contribution in [2.45, 2.75) is 31.7 Å². The average molecular weight is 509 g/mol. The summed E-state index contributed by atoms with van der Waals surface area (Å²) in [5.74, 6) is 0.350. The molecule has 2 aliphatic rings. The minimum absolute atomic E-state index is 0.0692. The van der Waals surface area contributed by atoms with Crippen LogP contribution < -0.4 is 10.1 Å². The Morgan fingerprint density at radius 1 is 0.857 bits per heavy atom. The lowest BCUT2D eigenvalue weighted by molar-refractivity contribution is -0.121. The van der Waals surface area contributed by atoms with E-state index in [9.17, 15) is 14.4 Å². The van der Waals surface area contributed by atoms with E-state index in [1.165, 1.54) is 4.90 Å². The molecule has 0 bridgehead atoms. The first-order chi connectivity index (χ1) is 16.9. The van der Waals surface area contributed by atoms with E-state index in [-0.39, 0.29) is 29.7 Å². The summed E-state index contributed by atoms with van der Waals surface area (Å²) in [4.78, 5) is 39.7. The first-order valence-corrected chi connectivity index (χ1v) is 12.2. The van der Waals surface area contributed by atoms with E-state index in [1.807, 2.05) is 0 Å². The predicted octanol–water partition coefficient (Wildman–Crippen LogP) is 6.58. The number of benzene rings is 3. The minimum atomic E-state index is -0.235. The number of amides is 3. The van der Waals surface area contributed by atoms with Crippen LogP contribution in [0.5, 0.6) is 11.5 Å². The second-order valence-corrected chi connectivity index (χ2v) is 9.57. The molecule has 1 aliphatic heterocycles. The van der Waals surface area contributed by atoms with Gasteiger partial charge in [0, 0.05) is 22.7 Å². The molecule has 35 heavy (non-hydrogen) atoms. The molecule has 1 fully saturated rings. The van der Waals surface area contributed by atoms with Gasteiger partial charge in [0.25, 0.3) is 11.8 Å². The average Bonchev–Trinajstić information content (AvgIpc) is 3.12. The Hall–Kier alpha value is -3.35. The molecule has 1 aliphatic carbocycles. The van der Waals surface area contributed by atoms with Crippen LogP contribution in [0.25, 0.3) is 0 Å². The molecular weight excluding hydrogens is 487 g/mol. The number of nitrogens with zero attached hydrogens (tertiary/aromatic N) is 1. The highest BCUT2D eigenvalue weighted by Crippen LogP contribution is 2.34. The fraction of sp³-hybridized carbons (Fsp3) is 0.222. The number of hydrogen-bond donors (Lipinski definition) is 1. The van der Waals surface area contributed by atoms with Crippen molar-refractivity contribution in [1.29, 1.82) is 0 Å². The summed E-state index contributed by atoms with van der Waals surface area (Å²) in [5.41, 5.74) is 1.58. The lowest BCUT2D eigenvalue weighted by Crippen LogP contribution is -2.43. The van der Waals surface area contributed by atoms with Crippen LogP contribution in [0.1, 0.15) is 46.4 Å². The number of fused-ring (bicyclic) bond motifs is 1. The number of hydrogen-bond acceptors (Lipinski definition) is 4. The van der Waals surface area contributed by atoms with Crippen molar-refractivity contribution in [2.75, 3.05) is 5.32 Å². The molecule has 0 unspecified atom stereocenters. The third kappa shape index (κ3) is 4.77. The van der Waals surface area contributed by atoms with Crippen LogP contribution in [0.2, 0.25) is 10.0 Å². The van der Waals surface area contributed by atoms with E-state index in [1.54, 1.807) is 66.7 Å². The number of carbonyl (C=O) groups excluding carboxylic acids is 3. The Morgan fingerprint density at radius 3 is 2.09 bits per heavy atom. The van der Waals surface area contributed by atoms with Gasteiger partial charge in [-0.2, -0.15) is 0 Å². The van der Waals surface area contributed by atoms with Crippen molar-refractivity contribution in [3.05, 3.63) is 87.9 Å². The van der Waals surface area contributed by atoms with Crippen molar-refractivity contribution < 1.29 is 19.1 Å². The van der Waals surface area contributed by atoms with Crippen LogP contribution in [0.3, 0.4) is 0 Å². The Balaban J connectivity index is 1.15. The van der Waals surface area contributed by atoms with E-state index in [2.05, 4.69) is 5.32 Å². The third-order valence-corrected chi connectivity index (χ3v) is 7.03. The molecule has 6 nitrogen and oxygen atoms in total. The molecule has 3 aromatic rings. The minimum Gasteiger partial charge on any atom is -0.456 e. The Morgan fingerprint density at radius 2 is 1.49 bits per heavy atom. The molecule has 5 rings (SSSR count). The summed E-state index contributed by atoms with van der Waals surface area (Å²) in [7, 11) is 0. The predicted molar refractivity (Wildman–Crippen MR) is 134 cm³/mol. The molecule has 0 radical (unpaired) electrons. The quantitative estimate of drug-likeness (QED) is 0.395. The molecule has 178 valence electrons. The van der Waals surface area contributed by atoms with Gasteiger partial charge < -0.3 is 10.1 Å². The number of nitrogens with one attached hydrogen (secondary N) is 1. The molecule has 1 heterocycles. The number of halogens is 2. The number of ether oxygens (including phenoxy) is 1. The van der Waals surface area contributed by atoms with Crippen molar-refractivity contribution >= 4 is 46.6 Å². The number of imide groups is 1. The van der Waals surface area contributed by atoms with Gasteiger partial charge in [-0.25, -0.2) is 0 Å². The maximum absolute atomic E-state index is 12.8. The molecule has 0 spiro atoms. The Bertz CT molecular complexity index is 1270. The van der Waals surface area contributed by atoms with Crippen LogP contribution in [-0.4, -0.2) is 28.7 Å². The van der Waals surface area contributed by atoms with Gasteiger partial charge in [-0.05, 0) is 80.3 Å². The molecule has 1 saturated carbocycles. The molecule has 1 N–H and O–H groups in total. The van der Waals surface area contributed by atoms with E-state index < -0.39 is 0 Å². The van der Waals surface area contributed by atoms with Crippen LogP contribution in [0.4, 0.5) is 5.69 Å². The first kappa shape index (κ1) is 23.4. The topological polar surface area (TPSA) is 75.7 Å². The highest BCUT2D eigenvalue weighted by Gasteiger charge is 2.41. The van der Waals surface area contributed by atoms with Crippen LogP contribution in [0, 0.1) is 5.92 Å². The molecule has 0 atom stereocenters. The van der Waals surface area contributed by atoms with Crippen molar-refractivity contribution in [2.24, 2.45) is 5.92 Å². The van der Waals surface area contributed by atoms with Gasteiger partial charge in [0.05, 0.1) is 16.1 Å². The van der Waals surface area contributed by atoms with Crippen LogP contribution in [0.15, 0.2) is 66.7 Å². The maximum atomic E-state index is 12.8. The summed E-state index contributed by atoms with van der Waals surface area (Å²) in [6.45, 7) is 0. The van der Waals surface area contributed by atoms with Gasteiger partial charge in [-0.15, -0.1) is 0 Å².